The molecular weight excluding hydrogens is 164 g/mol. The fourth-order valence-electron chi connectivity index (χ4n) is 1.24. The lowest BCUT2D eigenvalue weighted by Crippen LogP contribution is -1.71. The van der Waals surface area contributed by atoms with Gasteiger partial charge in [0.05, 0.1) is 11.2 Å². The van der Waals surface area contributed by atoms with Gasteiger partial charge in [0.15, 0.2) is 0 Å². The number of carbonyl (C=O) groups excluding carboxylic acids is 1. The normalized spacial score (nSPS) is 11.1. The van der Waals surface area contributed by atoms with Crippen molar-refractivity contribution < 1.29 is 4.79 Å². The van der Waals surface area contributed by atoms with Gasteiger partial charge in [-0.05, 0) is 18.2 Å². The summed E-state index contributed by atoms with van der Waals surface area (Å²) < 4.78 is 0. The largest absolute Gasteiger partial charge is 0.299 e. The van der Waals surface area contributed by atoms with Gasteiger partial charge in [-0.25, -0.2) is 0 Å². The number of aromatic nitrogens is 2. The second kappa shape index (κ2) is 3.23. The average Bonchev–Trinajstić information content (AvgIpc) is 2.58. The summed E-state index contributed by atoms with van der Waals surface area (Å²) in [7, 11) is 0. The molecule has 0 atom stereocenters. The van der Waals surface area contributed by atoms with Gasteiger partial charge in [0.1, 0.15) is 6.29 Å². The predicted molar refractivity (Wildman–Crippen MR) is 51.2 cm³/mol. The first-order chi connectivity index (χ1) is 6.42. The topological polar surface area (TPSA) is 45.8 Å². The lowest BCUT2D eigenvalue weighted by atomic mass is 10.2. The molecule has 0 unspecified atom stereocenters. The number of hydrogen-bond donors (Lipinski definition) is 1. The first kappa shape index (κ1) is 7.73. The van der Waals surface area contributed by atoms with Crippen LogP contribution in [0.3, 0.4) is 0 Å². The zero-order valence-corrected chi connectivity index (χ0v) is 6.90. The smallest absolute Gasteiger partial charge is 0.142 e. The van der Waals surface area contributed by atoms with Crippen molar-refractivity contribution in [1.29, 1.82) is 0 Å². The summed E-state index contributed by atoms with van der Waals surface area (Å²) in [5, 5.41) is 7.96. The van der Waals surface area contributed by atoms with Crippen LogP contribution in [0, 0.1) is 0 Å². The quantitative estimate of drug-likeness (QED) is 0.554. The van der Waals surface area contributed by atoms with E-state index >= 15 is 0 Å². The molecule has 64 valence electrons. The van der Waals surface area contributed by atoms with Crippen LogP contribution in [-0.2, 0) is 4.79 Å². The second-order valence-electron chi connectivity index (χ2n) is 2.65. The summed E-state index contributed by atoms with van der Waals surface area (Å²) in [6.07, 6.45) is 3.90. The van der Waals surface area contributed by atoms with Crippen LogP contribution in [0.25, 0.3) is 17.0 Å². The summed E-state index contributed by atoms with van der Waals surface area (Å²) >= 11 is 0. The molecule has 0 amide bonds. The van der Waals surface area contributed by atoms with E-state index in [4.69, 9.17) is 0 Å². The fourth-order valence-corrected chi connectivity index (χ4v) is 1.24. The van der Waals surface area contributed by atoms with Crippen molar-refractivity contribution in [2.24, 2.45) is 0 Å². The minimum absolute atomic E-state index is 0.746. The highest BCUT2D eigenvalue weighted by Gasteiger charge is 1.99. The SMILES string of the molecule is O=CC=Cc1[nH]nc2ccccc12. The predicted octanol–water partition coefficient (Wildman–Crippen LogP) is 1.77. The molecule has 0 aliphatic heterocycles. The molecule has 2 aromatic rings. The van der Waals surface area contributed by atoms with Crippen molar-refractivity contribution in [3.8, 4) is 0 Å². The number of nitrogens with zero attached hydrogens (tertiary/aromatic N) is 1. The third-order valence-electron chi connectivity index (χ3n) is 1.83. The first-order valence-electron chi connectivity index (χ1n) is 3.97. The van der Waals surface area contributed by atoms with Gasteiger partial charge in [0, 0.05) is 5.39 Å². The Balaban J connectivity index is 2.57. The van der Waals surface area contributed by atoms with Gasteiger partial charge in [0.2, 0.25) is 0 Å². The molecule has 0 aliphatic carbocycles. The Hall–Kier alpha value is -1.90. The van der Waals surface area contributed by atoms with Crippen LogP contribution in [0.5, 0.6) is 0 Å². The molecule has 1 N–H and O–H groups in total. The van der Waals surface area contributed by atoms with E-state index in [0.717, 1.165) is 22.9 Å². The molecule has 2 rings (SSSR count). The summed E-state index contributed by atoms with van der Waals surface area (Å²) in [6.45, 7) is 0. The number of carbonyl (C=O) groups is 1. The minimum atomic E-state index is 0.746. The maximum absolute atomic E-state index is 10.1. The van der Waals surface area contributed by atoms with Crippen molar-refractivity contribution in [3.05, 3.63) is 36.0 Å². The molecule has 0 bridgehead atoms. The van der Waals surface area contributed by atoms with Crippen LogP contribution >= 0.6 is 0 Å². The van der Waals surface area contributed by atoms with E-state index in [-0.39, 0.29) is 0 Å². The number of fused-ring (bicyclic) bond motifs is 1. The van der Waals surface area contributed by atoms with E-state index < -0.39 is 0 Å². The molecule has 1 aromatic carbocycles. The lowest BCUT2D eigenvalue weighted by molar-refractivity contribution is -0.104. The van der Waals surface area contributed by atoms with E-state index in [0.29, 0.717) is 0 Å². The maximum atomic E-state index is 10.1. The van der Waals surface area contributed by atoms with Crippen molar-refractivity contribution in [2.75, 3.05) is 0 Å². The molecular formula is C10H8N2O. The molecule has 3 heteroatoms. The van der Waals surface area contributed by atoms with Crippen LogP contribution in [0.4, 0.5) is 0 Å². The van der Waals surface area contributed by atoms with Gasteiger partial charge >= 0.3 is 0 Å². The summed E-state index contributed by atoms with van der Waals surface area (Å²) in [4.78, 5) is 10.1. The maximum Gasteiger partial charge on any atom is 0.142 e. The molecule has 0 spiro atoms. The van der Waals surface area contributed by atoms with Crippen molar-refractivity contribution in [2.45, 2.75) is 0 Å². The highest BCUT2D eigenvalue weighted by Crippen LogP contribution is 2.15. The van der Waals surface area contributed by atoms with Gasteiger partial charge in [-0.3, -0.25) is 9.89 Å². The Bertz CT molecular complexity index is 457. The number of allylic oxidation sites excluding steroid dienone is 1. The second-order valence-corrected chi connectivity index (χ2v) is 2.65. The number of rotatable bonds is 2. The van der Waals surface area contributed by atoms with Gasteiger partial charge in [-0.15, -0.1) is 0 Å². The highest BCUT2D eigenvalue weighted by atomic mass is 16.1. The van der Waals surface area contributed by atoms with Crippen LogP contribution in [-0.4, -0.2) is 16.5 Å². The number of aromatic amines is 1. The van der Waals surface area contributed by atoms with Crippen LogP contribution in [0.15, 0.2) is 30.3 Å². The molecule has 0 radical (unpaired) electrons. The van der Waals surface area contributed by atoms with Crippen LogP contribution in [0.2, 0.25) is 0 Å². The van der Waals surface area contributed by atoms with E-state index in [1.54, 1.807) is 6.08 Å². The van der Waals surface area contributed by atoms with Gasteiger partial charge in [-0.1, -0.05) is 18.2 Å². The molecule has 1 aromatic heterocycles. The first-order valence-corrected chi connectivity index (χ1v) is 3.97. The van der Waals surface area contributed by atoms with Crippen molar-refractivity contribution in [1.82, 2.24) is 10.2 Å². The Morgan fingerprint density at radius 2 is 2.15 bits per heavy atom. The van der Waals surface area contributed by atoms with E-state index in [1.165, 1.54) is 6.08 Å². The van der Waals surface area contributed by atoms with E-state index in [2.05, 4.69) is 10.2 Å². The Morgan fingerprint density at radius 3 is 3.00 bits per heavy atom. The van der Waals surface area contributed by atoms with E-state index in [1.807, 2.05) is 24.3 Å². The monoisotopic (exact) mass is 172 g/mol. The lowest BCUT2D eigenvalue weighted by Gasteiger charge is -1.86. The summed E-state index contributed by atoms with van der Waals surface area (Å²) in [5.74, 6) is 0. The van der Waals surface area contributed by atoms with Gasteiger partial charge < -0.3 is 0 Å². The number of hydrogen-bond acceptors (Lipinski definition) is 2. The third kappa shape index (κ3) is 1.36. The zero-order valence-electron chi connectivity index (χ0n) is 6.90. The molecule has 0 fully saturated rings. The highest BCUT2D eigenvalue weighted by molar-refractivity contribution is 5.88. The van der Waals surface area contributed by atoms with Gasteiger partial charge in [-0.2, -0.15) is 5.10 Å². The molecule has 0 aliphatic rings. The van der Waals surface area contributed by atoms with Crippen LogP contribution < -0.4 is 0 Å². The van der Waals surface area contributed by atoms with E-state index in [9.17, 15) is 4.79 Å². The number of H-pyrrole nitrogens is 1. The Labute approximate surface area is 75.1 Å². The zero-order chi connectivity index (χ0) is 9.10. The minimum Gasteiger partial charge on any atom is -0.299 e. The molecule has 0 saturated heterocycles. The molecule has 13 heavy (non-hydrogen) atoms. The van der Waals surface area contributed by atoms with Gasteiger partial charge in [0.25, 0.3) is 0 Å². The number of para-hydroxylation sites is 1. The fraction of sp³-hybridized carbons (Fsp3) is 0. The standard InChI is InChI=1S/C10H8N2O/c13-7-3-6-10-8-4-1-2-5-9(8)11-12-10/h1-7H,(H,11,12). The average molecular weight is 172 g/mol. The number of benzene rings is 1. The molecule has 0 saturated carbocycles. The molecule has 3 nitrogen and oxygen atoms in total. The Morgan fingerprint density at radius 1 is 1.31 bits per heavy atom. The number of nitrogens with one attached hydrogen (secondary N) is 1. The molecule has 1 heterocycles. The summed E-state index contributed by atoms with van der Waals surface area (Å²) in [5.41, 5.74) is 1.77. The van der Waals surface area contributed by atoms with Crippen molar-refractivity contribution >= 4 is 23.3 Å². The summed E-state index contributed by atoms with van der Waals surface area (Å²) in [6, 6.07) is 7.75. The Kier molecular flexibility index (Phi) is 1.92. The number of aldehydes is 1. The third-order valence-corrected chi connectivity index (χ3v) is 1.83. The van der Waals surface area contributed by atoms with Crippen LogP contribution in [0.1, 0.15) is 5.69 Å². The van der Waals surface area contributed by atoms with Crippen molar-refractivity contribution in [3.63, 3.8) is 0 Å².